The highest BCUT2D eigenvalue weighted by Gasteiger charge is 2.28. The van der Waals surface area contributed by atoms with Crippen molar-refractivity contribution in [1.82, 2.24) is 5.43 Å². The van der Waals surface area contributed by atoms with E-state index in [4.69, 9.17) is 5.84 Å². The standard InChI is InChI=1S/C12H26N2/c1-9(2)10(3)12(14-13)11-7-5-4-6-8-11/h9-12,14H,4-8,13H2,1-3H3. The number of nitrogens with two attached hydrogens (primary N) is 1. The third kappa shape index (κ3) is 2.96. The van der Waals surface area contributed by atoms with Crippen LogP contribution in [0, 0.1) is 17.8 Å². The quantitative estimate of drug-likeness (QED) is 0.538. The molecule has 1 aliphatic carbocycles. The van der Waals surface area contributed by atoms with Gasteiger partial charge in [-0.05, 0) is 30.6 Å². The minimum absolute atomic E-state index is 0.523. The zero-order valence-electron chi connectivity index (χ0n) is 9.92. The third-order valence-electron chi connectivity index (χ3n) is 3.97. The van der Waals surface area contributed by atoms with Gasteiger partial charge in [-0.15, -0.1) is 0 Å². The van der Waals surface area contributed by atoms with Gasteiger partial charge in [-0.25, -0.2) is 0 Å². The fourth-order valence-corrected chi connectivity index (χ4v) is 2.63. The summed E-state index contributed by atoms with van der Waals surface area (Å²) in [5.74, 6) is 7.91. The summed E-state index contributed by atoms with van der Waals surface area (Å²) in [5, 5.41) is 0. The minimum Gasteiger partial charge on any atom is -0.271 e. The zero-order valence-corrected chi connectivity index (χ0v) is 9.92. The zero-order chi connectivity index (χ0) is 10.6. The second kappa shape index (κ2) is 5.72. The Kier molecular flexibility index (Phi) is 4.90. The molecule has 1 saturated carbocycles. The summed E-state index contributed by atoms with van der Waals surface area (Å²) in [4.78, 5) is 0. The summed E-state index contributed by atoms with van der Waals surface area (Å²) in [6.07, 6.45) is 6.95. The molecule has 3 N–H and O–H groups in total. The maximum atomic E-state index is 5.69. The monoisotopic (exact) mass is 198 g/mol. The molecule has 0 spiro atoms. The minimum atomic E-state index is 0.523. The van der Waals surface area contributed by atoms with Crippen LogP contribution in [-0.2, 0) is 0 Å². The molecule has 0 amide bonds. The van der Waals surface area contributed by atoms with Gasteiger partial charge in [0.2, 0.25) is 0 Å². The van der Waals surface area contributed by atoms with Crippen molar-refractivity contribution in [3.05, 3.63) is 0 Å². The van der Waals surface area contributed by atoms with Crippen molar-refractivity contribution in [2.75, 3.05) is 0 Å². The van der Waals surface area contributed by atoms with Crippen LogP contribution in [0.5, 0.6) is 0 Å². The topological polar surface area (TPSA) is 38.0 Å². The van der Waals surface area contributed by atoms with Crippen LogP contribution in [0.2, 0.25) is 0 Å². The Morgan fingerprint density at radius 1 is 1.07 bits per heavy atom. The van der Waals surface area contributed by atoms with E-state index in [1.54, 1.807) is 0 Å². The fourth-order valence-electron chi connectivity index (χ4n) is 2.63. The average Bonchev–Trinajstić information content (AvgIpc) is 2.20. The lowest BCUT2D eigenvalue weighted by molar-refractivity contribution is 0.184. The molecule has 0 aromatic carbocycles. The Morgan fingerprint density at radius 2 is 1.64 bits per heavy atom. The first kappa shape index (κ1) is 12.0. The van der Waals surface area contributed by atoms with E-state index in [9.17, 15) is 0 Å². The Balaban J connectivity index is 2.50. The Labute approximate surface area is 88.6 Å². The maximum Gasteiger partial charge on any atom is 0.0266 e. The van der Waals surface area contributed by atoms with Crippen molar-refractivity contribution in [3.8, 4) is 0 Å². The first-order valence-electron chi connectivity index (χ1n) is 6.13. The molecule has 0 heterocycles. The number of hydrazine groups is 1. The van der Waals surface area contributed by atoms with Crippen LogP contribution in [-0.4, -0.2) is 6.04 Å². The highest BCUT2D eigenvalue weighted by atomic mass is 15.2. The van der Waals surface area contributed by atoms with Crippen LogP contribution >= 0.6 is 0 Å². The molecule has 0 aliphatic heterocycles. The number of rotatable bonds is 4. The van der Waals surface area contributed by atoms with E-state index in [-0.39, 0.29) is 0 Å². The first-order valence-corrected chi connectivity index (χ1v) is 6.13. The predicted octanol–water partition coefficient (Wildman–Crippen LogP) is 2.69. The highest BCUT2D eigenvalue weighted by Crippen LogP contribution is 2.31. The normalized spacial score (nSPS) is 23.8. The molecule has 2 atom stereocenters. The largest absolute Gasteiger partial charge is 0.271 e. The van der Waals surface area contributed by atoms with Gasteiger partial charge in [0.15, 0.2) is 0 Å². The van der Waals surface area contributed by atoms with Gasteiger partial charge in [0.1, 0.15) is 0 Å². The summed E-state index contributed by atoms with van der Waals surface area (Å²) < 4.78 is 0. The molecule has 2 unspecified atom stereocenters. The molecule has 2 heteroatoms. The lowest BCUT2D eigenvalue weighted by Gasteiger charge is -2.35. The molecular weight excluding hydrogens is 172 g/mol. The molecule has 0 bridgehead atoms. The second-order valence-electron chi connectivity index (χ2n) is 5.19. The molecule has 0 radical (unpaired) electrons. The van der Waals surface area contributed by atoms with Crippen LogP contribution in [0.15, 0.2) is 0 Å². The lowest BCUT2D eigenvalue weighted by Crippen LogP contribution is -2.47. The van der Waals surface area contributed by atoms with Crippen molar-refractivity contribution >= 4 is 0 Å². The highest BCUT2D eigenvalue weighted by molar-refractivity contribution is 4.82. The van der Waals surface area contributed by atoms with Gasteiger partial charge in [0.05, 0.1) is 0 Å². The van der Waals surface area contributed by atoms with Gasteiger partial charge in [-0.1, -0.05) is 40.0 Å². The SMILES string of the molecule is CC(C)C(C)C(NN)C1CCCCC1. The van der Waals surface area contributed by atoms with E-state index in [1.807, 2.05) is 0 Å². The summed E-state index contributed by atoms with van der Waals surface area (Å²) >= 11 is 0. The Morgan fingerprint density at radius 3 is 2.07 bits per heavy atom. The molecule has 1 rings (SSSR count). The van der Waals surface area contributed by atoms with Crippen molar-refractivity contribution < 1.29 is 0 Å². The van der Waals surface area contributed by atoms with Gasteiger partial charge < -0.3 is 0 Å². The van der Waals surface area contributed by atoms with Gasteiger partial charge >= 0.3 is 0 Å². The van der Waals surface area contributed by atoms with Gasteiger partial charge in [-0.3, -0.25) is 11.3 Å². The lowest BCUT2D eigenvalue weighted by atomic mass is 9.76. The third-order valence-corrected chi connectivity index (χ3v) is 3.97. The van der Waals surface area contributed by atoms with Gasteiger partial charge in [0.25, 0.3) is 0 Å². The molecule has 14 heavy (non-hydrogen) atoms. The number of nitrogens with one attached hydrogen (secondary N) is 1. The van der Waals surface area contributed by atoms with E-state index in [1.165, 1.54) is 32.1 Å². The van der Waals surface area contributed by atoms with Crippen molar-refractivity contribution in [3.63, 3.8) is 0 Å². The molecular formula is C12H26N2. The predicted molar refractivity (Wildman–Crippen MR) is 61.7 cm³/mol. The molecule has 2 nitrogen and oxygen atoms in total. The van der Waals surface area contributed by atoms with E-state index >= 15 is 0 Å². The number of hydrogen-bond donors (Lipinski definition) is 2. The molecule has 0 aromatic rings. The number of hydrogen-bond acceptors (Lipinski definition) is 2. The fraction of sp³-hybridized carbons (Fsp3) is 1.00. The van der Waals surface area contributed by atoms with Crippen LogP contribution in [0.3, 0.4) is 0 Å². The smallest absolute Gasteiger partial charge is 0.0266 e. The van der Waals surface area contributed by atoms with Gasteiger partial charge in [0, 0.05) is 6.04 Å². The van der Waals surface area contributed by atoms with E-state index in [0.29, 0.717) is 12.0 Å². The van der Waals surface area contributed by atoms with Gasteiger partial charge in [-0.2, -0.15) is 0 Å². The molecule has 1 fully saturated rings. The molecule has 1 aliphatic rings. The summed E-state index contributed by atoms with van der Waals surface area (Å²) in [7, 11) is 0. The average molecular weight is 198 g/mol. The Bertz CT molecular complexity index is 150. The van der Waals surface area contributed by atoms with Crippen LogP contribution in [0.1, 0.15) is 52.9 Å². The molecule has 84 valence electrons. The van der Waals surface area contributed by atoms with Crippen molar-refractivity contribution in [2.24, 2.45) is 23.6 Å². The van der Waals surface area contributed by atoms with Crippen LogP contribution in [0.4, 0.5) is 0 Å². The van der Waals surface area contributed by atoms with Crippen molar-refractivity contribution in [1.29, 1.82) is 0 Å². The summed E-state index contributed by atoms with van der Waals surface area (Å²) in [6.45, 7) is 6.90. The summed E-state index contributed by atoms with van der Waals surface area (Å²) in [6, 6.07) is 0.523. The van der Waals surface area contributed by atoms with E-state index in [0.717, 1.165) is 11.8 Å². The summed E-state index contributed by atoms with van der Waals surface area (Å²) in [5.41, 5.74) is 3.05. The van der Waals surface area contributed by atoms with Crippen molar-refractivity contribution in [2.45, 2.75) is 58.9 Å². The van der Waals surface area contributed by atoms with Crippen LogP contribution in [0.25, 0.3) is 0 Å². The van der Waals surface area contributed by atoms with E-state index in [2.05, 4.69) is 26.2 Å². The second-order valence-corrected chi connectivity index (χ2v) is 5.19. The maximum absolute atomic E-state index is 5.69. The Hall–Kier alpha value is -0.0800. The first-order chi connectivity index (χ1) is 6.66. The van der Waals surface area contributed by atoms with Crippen LogP contribution < -0.4 is 11.3 Å². The molecule has 0 aromatic heterocycles. The van der Waals surface area contributed by atoms with E-state index < -0.39 is 0 Å². The molecule has 0 saturated heterocycles.